The van der Waals surface area contributed by atoms with E-state index in [4.69, 9.17) is 18.5 Å². The van der Waals surface area contributed by atoms with E-state index >= 15 is 0 Å². The zero-order chi connectivity index (χ0) is 35.8. The second-order valence-corrected chi connectivity index (χ2v) is 14.1. The number of aliphatic hydroxyl groups excluding tert-OH is 5. The molecule has 1 fully saturated rings. The van der Waals surface area contributed by atoms with Crippen LogP contribution in [0.3, 0.4) is 0 Å². The highest BCUT2D eigenvalue weighted by atomic mass is 31.2. The first-order chi connectivity index (χ1) is 22.9. The highest BCUT2D eigenvalue weighted by molar-refractivity contribution is 7.47. The van der Waals surface area contributed by atoms with E-state index in [-0.39, 0.29) is 12.8 Å². The van der Waals surface area contributed by atoms with Gasteiger partial charge in [-0.15, -0.1) is 0 Å². The smallest absolute Gasteiger partial charge is 0.462 e. The maximum atomic E-state index is 12.5. The molecule has 1 rings (SSSR count). The first-order valence-corrected chi connectivity index (χ1v) is 19.5. The van der Waals surface area contributed by atoms with Gasteiger partial charge in [-0.05, 0) is 32.1 Å². The molecular weight excluding hydrogens is 647 g/mol. The Bertz CT molecular complexity index is 917. The summed E-state index contributed by atoms with van der Waals surface area (Å²) in [5.41, 5.74) is 0. The van der Waals surface area contributed by atoms with Crippen molar-refractivity contribution >= 4 is 19.8 Å². The fourth-order valence-electron chi connectivity index (χ4n) is 5.38. The summed E-state index contributed by atoms with van der Waals surface area (Å²) in [6, 6.07) is 0. The normalized spacial score (nSPS) is 24.8. The maximum Gasteiger partial charge on any atom is 0.472 e. The Morgan fingerprint density at radius 3 is 1.60 bits per heavy atom. The van der Waals surface area contributed by atoms with Gasteiger partial charge in [0, 0.05) is 12.8 Å². The largest absolute Gasteiger partial charge is 0.472 e. The average molecular weight is 711 g/mol. The van der Waals surface area contributed by atoms with E-state index in [0.717, 1.165) is 32.1 Å². The number of carbonyl (C=O) groups excluding carboxylic acids is 2. The van der Waals surface area contributed by atoms with Gasteiger partial charge >= 0.3 is 19.8 Å². The predicted molar refractivity (Wildman–Crippen MR) is 180 cm³/mol. The van der Waals surface area contributed by atoms with Crippen molar-refractivity contribution in [2.24, 2.45) is 0 Å². The summed E-state index contributed by atoms with van der Waals surface area (Å²) in [5.74, 6) is -1.20. The highest BCUT2D eigenvalue weighted by Crippen LogP contribution is 2.47. The second kappa shape index (κ2) is 26.4. The van der Waals surface area contributed by atoms with Crippen LogP contribution in [-0.4, -0.2) is 98.3 Å². The lowest BCUT2D eigenvalue weighted by Gasteiger charge is -2.41. The van der Waals surface area contributed by atoms with Crippen LogP contribution in [0.4, 0.5) is 0 Å². The van der Waals surface area contributed by atoms with Crippen molar-refractivity contribution in [2.75, 3.05) is 13.2 Å². The molecule has 1 saturated carbocycles. The minimum Gasteiger partial charge on any atom is -0.462 e. The predicted octanol–water partition coefficient (Wildman–Crippen LogP) is 4.77. The van der Waals surface area contributed by atoms with Crippen molar-refractivity contribution in [3.8, 4) is 0 Å². The number of hydrogen-bond donors (Lipinski definition) is 6. The van der Waals surface area contributed by atoms with E-state index in [9.17, 15) is 44.6 Å². The third kappa shape index (κ3) is 19.7. The van der Waals surface area contributed by atoms with Crippen LogP contribution in [0.1, 0.15) is 136 Å². The Morgan fingerprint density at radius 2 is 1.10 bits per heavy atom. The molecule has 6 unspecified atom stereocenters. The molecule has 6 N–H and O–H groups in total. The van der Waals surface area contributed by atoms with Crippen molar-refractivity contribution in [1.82, 2.24) is 0 Å². The van der Waals surface area contributed by atoms with Crippen molar-refractivity contribution in [3.05, 3.63) is 12.2 Å². The van der Waals surface area contributed by atoms with Gasteiger partial charge in [-0.25, -0.2) is 4.57 Å². The monoisotopic (exact) mass is 710 g/mol. The van der Waals surface area contributed by atoms with Gasteiger partial charge in [-0.2, -0.15) is 0 Å². The molecule has 0 aromatic heterocycles. The van der Waals surface area contributed by atoms with E-state index in [1.165, 1.54) is 70.6 Å². The summed E-state index contributed by atoms with van der Waals surface area (Å²) in [6.07, 6.45) is 11.5. The number of hydrogen-bond acceptors (Lipinski definition) is 12. The first kappa shape index (κ1) is 44.6. The highest BCUT2D eigenvalue weighted by Gasteiger charge is 2.51. The number of rotatable bonds is 28. The maximum absolute atomic E-state index is 12.5. The molecule has 6 atom stereocenters. The fraction of sp³-hybridized carbons (Fsp3) is 0.882. The first-order valence-electron chi connectivity index (χ1n) is 18.0. The van der Waals surface area contributed by atoms with Gasteiger partial charge < -0.3 is 39.9 Å². The van der Waals surface area contributed by atoms with Crippen LogP contribution >= 0.6 is 7.82 Å². The third-order valence-corrected chi connectivity index (χ3v) is 9.40. The summed E-state index contributed by atoms with van der Waals surface area (Å²) < 4.78 is 32.5. The van der Waals surface area contributed by atoms with Crippen LogP contribution in [0, 0.1) is 0 Å². The molecule has 1 aliphatic carbocycles. The molecule has 48 heavy (non-hydrogen) atoms. The quantitative estimate of drug-likeness (QED) is 0.0280. The lowest BCUT2D eigenvalue weighted by molar-refractivity contribution is -0.220. The van der Waals surface area contributed by atoms with Crippen LogP contribution in [0.2, 0.25) is 0 Å². The third-order valence-electron chi connectivity index (χ3n) is 8.41. The van der Waals surface area contributed by atoms with E-state index in [1.807, 2.05) is 0 Å². The Balaban J connectivity index is 2.27. The SMILES string of the molecule is CCCCCCCC/C=C\CCCCCCCCCCCC(=O)OC(COC(=O)CC)COP(=O)(O)OC1C(O)C(O)C(O)C(O)C1O. The molecule has 0 heterocycles. The average Bonchev–Trinajstić information content (AvgIpc) is 3.06. The lowest BCUT2D eigenvalue weighted by Crippen LogP contribution is -2.64. The molecule has 0 aliphatic heterocycles. The van der Waals surface area contributed by atoms with Crippen molar-refractivity contribution in [2.45, 2.75) is 179 Å². The molecule has 282 valence electrons. The molecule has 0 radical (unpaired) electrons. The van der Waals surface area contributed by atoms with E-state index in [2.05, 4.69) is 19.1 Å². The van der Waals surface area contributed by atoms with Gasteiger partial charge in [0.05, 0.1) is 6.61 Å². The summed E-state index contributed by atoms with van der Waals surface area (Å²) in [4.78, 5) is 34.2. The minimum absolute atomic E-state index is 0.0494. The number of ether oxygens (including phenoxy) is 2. The van der Waals surface area contributed by atoms with Crippen LogP contribution in [0.5, 0.6) is 0 Å². The van der Waals surface area contributed by atoms with Crippen molar-refractivity contribution in [1.29, 1.82) is 0 Å². The Hall–Kier alpha value is -1.41. The van der Waals surface area contributed by atoms with Crippen LogP contribution in [0.15, 0.2) is 12.2 Å². The van der Waals surface area contributed by atoms with Gasteiger partial charge in [-0.3, -0.25) is 18.6 Å². The molecule has 0 saturated heterocycles. The molecule has 0 amide bonds. The van der Waals surface area contributed by atoms with E-state index in [0.29, 0.717) is 6.42 Å². The van der Waals surface area contributed by atoms with Crippen LogP contribution < -0.4 is 0 Å². The summed E-state index contributed by atoms with van der Waals surface area (Å²) in [5, 5.41) is 49.4. The zero-order valence-corrected chi connectivity index (χ0v) is 29.9. The van der Waals surface area contributed by atoms with Crippen molar-refractivity contribution in [3.63, 3.8) is 0 Å². The van der Waals surface area contributed by atoms with Gasteiger partial charge in [0.1, 0.15) is 43.2 Å². The molecular formula is C34H63O13P. The fourth-order valence-corrected chi connectivity index (χ4v) is 6.35. The Labute approximate surface area is 286 Å². The molecule has 0 bridgehead atoms. The van der Waals surface area contributed by atoms with Crippen molar-refractivity contribution < 1.29 is 63.1 Å². The van der Waals surface area contributed by atoms with Gasteiger partial charge in [-0.1, -0.05) is 103 Å². The summed E-state index contributed by atoms with van der Waals surface area (Å²) >= 11 is 0. The van der Waals surface area contributed by atoms with E-state index in [1.54, 1.807) is 6.92 Å². The molecule has 0 spiro atoms. The number of carbonyl (C=O) groups is 2. The molecule has 14 heteroatoms. The minimum atomic E-state index is -5.08. The van der Waals surface area contributed by atoms with Gasteiger partial charge in [0.25, 0.3) is 0 Å². The van der Waals surface area contributed by atoms with E-state index < -0.39 is 75.7 Å². The van der Waals surface area contributed by atoms with Gasteiger partial charge in [0.15, 0.2) is 6.10 Å². The zero-order valence-electron chi connectivity index (χ0n) is 29.0. The number of esters is 2. The molecule has 1 aliphatic rings. The molecule has 0 aromatic carbocycles. The number of allylic oxidation sites excluding steroid dienone is 2. The number of aliphatic hydroxyl groups is 5. The molecule has 13 nitrogen and oxygen atoms in total. The summed E-state index contributed by atoms with van der Waals surface area (Å²) in [6.45, 7) is 2.62. The lowest BCUT2D eigenvalue weighted by atomic mass is 9.85. The number of phosphoric acid groups is 1. The Kier molecular flexibility index (Phi) is 24.5. The van der Waals surface area contributed by atoms with Gasteiger partial charge in [0.2, 0.25) is 0 Å². The Morgan fingerprint density at radius 1 is 0.646 bits per heavy atom. The standard InChI is InChI=1S/C34H63O13P/c1-3-5-6-7-8-9-10-11-12-13-14-15-16-17-18-19-20-21-22-23-28(36)46-26(24-44-27(35)4-2)25-45-48(42,43)47-34-32(40)30(38)29(37)31(39)33(34)41/h11-12,26,29-34,37-41H,3-10,13-25H2,1-2H3,(H,42,43)/b12-11-. The summed E-state index contributed by atoms with van der Waals surface area (Å²) in [7, 11) is -5.08. The topological polar surface area (TPSA) is 210 Å². The second-order valence-electron chi connectivity index (χ2n) is 12.7. The molecule has 0 aromatic rings. The van der Waals surface area contributed by atoms with Crippen LogP contribution in [0.25, 0.3) is 0 Å². The number of phosphoric ester groups is 1. The van der Waals surface area contributed by atoms with Crippen LogP contribution in [-0.2, 0) is 32.7 Å². The number of unbranched alkanes of at least 4 members (excludes halogenated alkanes) is 15.